The fraction of sp³-hybridized carbons (Fsp3) is 0.417. The molecule has 0 spiro atoms. The monoisotopic (exact) mass is 238 g/mol. The normalized spacial score (nSPS) is 12.4. The number of carbonyl (C=O) groups is 1. The highest BCUT2D eigenvalue weighted by Gasteiger charge is 2.12. The van der Waals surface area contributed by atoms with Crippen LogP contribution >= 0.6 is 11.8 Å². The Morgan fingerprint density at radius 1 is 1.50 bits per heavy atom. The topological polar surface area (TPSA) is 55.1 Å². The molecule has 1 amide bonds. The molecule has 1 aromatic rings. The van der Waals surface area contributed by atoms with Crippen LogP contribution in [0.4, 0.5) is 0 Å². The number of hydrogen-bond acceptors (Lipinski definition) is 3. The molecule has 1 atom stereocenters. The molecule has 0 aliphatic rings. The quantitative estimate of drug-likeness (QED) is 0.785. The number of aryl methyl sites for hydroxylation is 1. The summed E-state index contributed by atoms with van der Waals surface area (Å²) in [7, 11) is 1.75. The lowest BCUT2D eigenvalue weighted by atomic mass is 10.1. The van der Waals surface area contributed by atoms with Crippen molar-refractivity contribution < 1.29 is 4.79 Å². The standard InChI is InChI=1S/C12H18N2OS/c1-9-5-3-4-6-10(9)7-16-8-11(14-2)12(13)15/h3-6,11,14H,7-8H2,1-2H3,(H2,13,15). The largest absolute Gasteiger partial charge is 0.368 e. The molecule has 3 nitrogen and oxygen atoms in total. The predicted octanol–water partition coefficient (Wildman–Crippen LogP) is 1.30. The van der Waals surface area contributed by atoms with Gasteiger partial charge in [0.1, 0.15) is 0 Å². The molecule has 0 heterocycles. The average molecular weight is 238 g/mol. The highest BCUT2D eigenvalue weighted by atomic mass is 32.2. The molecule has 0 fully saturated rings. The van der Waals surface area contributed by atoms with E-state index in [1.54, 1.807) is 18.8 Å². The summed E-state index contributed by atoms with van der Waals surface area (Å²) >= 11 is 1.72. The summed E-state index contributed by atoms with van der Waals surface area (Å²) in [5, 5.41) is 2.91. The van der Waals surface area contributed by atoms with Gasteiger partial charge < -0.3 is 11.1 Å². The van der Waals surface area contributed by atoms with Gasteiger partial charge in [-0.2, -0.15) is 11.8 Å². The van der Waals surface area contributed by atoms with Crippen molar-refractivity contribution in [2.24, 2.45) is 5.73 Å². The lowest BCUT2D eigenvalue weighted by Crippen LogP contribution is -2.41. The fourth-order valence-electron chi connectivity index (χ4n) is 1.37. The number of nitrogens with one attached hydrogen (secondary N) is 1. The van der Waals surface area contributed by atoms with Crippen molar-refractivity contribution >= 4 is 17.7 Å². The van der Waals surface area contributed by atoms with Crippen LogP contribution in [0, 0.1) is 6.92 Å². The van der Waals surface area contributed by atoms with E-state index in [2.05, 4.69) is 24.4 Å². The zero-order valence-electron chi connectivity index (χ0n) is 9.69. The summed E-state index contributed by atoms with van der Waals surface area (Å²) in [6.07, 6.45) is 0. The van der Waals surface area contributed by atoms with E-state index in [1.165, 1.54) is 11.1 Å². The van der Waals surface area contributed by atoms with E-state index in [0.29, 0.717) is 5.75 Å². The Kier molecular flexibility index (Phi) is 5.35. The molecule has 1 rings (SSSR count). The summed E-state index contributed by atoms with van der Waals surface area (Å²) in [5.74, 6) is 1.33. The van der Waals surface area contributed by atoms with Crippen molar-refractivity contribution in [1.82, 2.24) is 5.32 Å². The first-order valence-electron chi connectivity index (χ1n) is 5.24. The Labute approximate surface area is 101 Å². The van der Waals surface area contributed by atoms with Crippen LogP contribution in [0.5, 0.6) is 0 Å². The second-order valence-corrected chi connectivity index (χ2v) is 4.72. The van der Waals surface area contributed by atoms with Gasteiger partial charge in [-0.1, -0.05) is 24.3 Å². The maximum absolute atomic E-state index is 11.0. The summed E-state index contributed by atoms with van der Waals surface area (Å²) in [5.41, 5.74) is 7.84. The number of nitrogens with two attached hydrogens (primary N) is 1. The van der Waals surface area contributed by atoms with Crippen LogP contribution in [0.2, 0.25) is 0 Å². The molecule has 0 bridgehead atoms. The maximum Gasteiger partial charge on any atom is 0.235 e. The summed E-state index contributed by atoms with van der Waals surface area (Å²) in [4.78, 5) is 11.0. The van der Waals surface area contributed by atoms with E-state index in [4.69, 9.17) is 5.73 Å². The van der Waals surface area contributed by atoms with Crippen molar-refractivity contribution in [2.75, 3.05) is 12.8 Å². The highest BCUT2D eigenvalue weighted by molar-refractivity contribution is 7.98. The minimum atomic E-state index is -0.292. The second kappa shape index (κ2) is 6.55. The highest BCUT2D eigenvalue weighted by Crippen LogP contribution is 2.16. The van der Waals surface area contributed by atoms with Crippen molar-refractivity contribution in [3.63, 3.8) is 0 Å². The molecule has 16 heavy (non-hydrogen) atoms. The van der Waals surface area contributed by atoms with Crippen LogP contribution in [-0.4, -0.2) is 24.7 Å². The first kappa shape index (κ1) is 13.1. The van der Waals surface area contributed by atoms with E-state index in [0.717, 1.165) is 5.75 Å². The number of benzene rings is 1. The molecule has 1 unspecified atom stereocenters. The van der Waals surface area contributed by atoms with E-state index in [-0.39, 0.29) is 11.9 Å². The number of carbonyl (C=O) groups excluding carboxylic acids is 1. The zero-order chi connectivity index (χ0) is 12.0. The number of likely N-dealkylation sites (N-methyl/N-ethyl adjacent to an activating group) is 1. The van der Waals surface area contributed by atoms with Gasteiger partial charge in [0.2, 0.25) is 5.91 Å². The number of thioether (sulfide) groups is 1. The smallest absolute Gasteiger partial charge is 0.235 e. The predicted molar refractivity (Wildman–Crippen MR) is 69.4 cm³/mol. The number of hydrogen-bond donors (Lipinski definition) is 2. The van der Waals surface area contributed by atoms with Gasteiger partial charge >= 0.3 is 0 Å². The molecule has 3 N–H and O–H groups in total. The second-order valence-electron chi connectivity index (χ2n) is 3.69. The number of amides is 1. The Hall–Kier alpha value is -1.00. The molecule has 0 saturated carbocycles. The van der Waals surface area contributed by atoms with Gasteiger partial charge in [-0.3, -0.25) is 4.79 Å². The molecular weight excluding hydrogens is 220 g/mol. The van der Waals surface area contributed by atoms with E-state index in [9.17, 15) is 4.79 Å². The molecule has 4 heteroatoms. The van der Waals surface area contributed by atoms with Gasteiger partial charge in [0.05, 0.1) is 6.04 Å². The summed E-state index contributed by atoms with van der Waals surface area (Å²) in [6, 6.07) is 8.03. The average Bonchev–Trinajstić information content (AvgIpc) is 2.26. The zero-order valence-corrected chi connectivity index (χ0v) is 10.5. The Morgan fingerprint density at radius 2 is 2.19 bits per heavy atom. The van der Waals surface area contributed by atoms with Crippen LogP contribution < -0.4 is 11.1 Å². The van der Waals surface area contributed by atoms with E-state index < -0.39 is 0 Å². The third-order valence-corrected chi connectivity index (χ3v) is 3.58. The van der Waals surface area contributed by atoms with Gasteiger partial charge in [0, 0.05) is 11.5 Å². The molecular formula is C12H18N2OS. The third-order valence-electron chi connectivity index (χ3n) is 2.50. The van der Waals surface area contributed by atoms with E-state index in [1.807, 2.05) is 12.1 Å². The Morgan fingerprint density at radius 3 is 2.75 bits per heavy atom. The minimum absolute atomic E-state index is 0.242. The molecule has 1 aromatic carbocycles. The van der Waals surface area contributed by atoms with Gasteiger partial charge in [-0.25, -0.2) is 0 Å². The van der Waals surface area contributed by atoms with Crippen molar-refractivity contribution in [1.29, 1.82) is 0 Å². The van der Waals surface area contributed by atoms with Crippen molar-refractivity contribution in [3.05, 3.63) is 35.4 Å². The molecule has 0 radical (unpaired) electrons. The molecule has 0 aliphatic heterocycles. The molecule has 88 valence electrons. The van der Waals surface area contributed by atoms with Crippen LogP contribution in [0.1, 0.15) is 11.1 Å². The first-order chi connectivity index (χ1) is 7.65. The van der Waals surface area contributed by atoms with Crippen molar-refractivity contribution in [3.8, 4) is 0 Å². The summed E-state index contributed by atoms with van der Waals surface area (Å²) in [6.45, 7) is 2.10. The van der Waals surface area contributed by atoms with Gasteiger partial charge in [0.15, 0.2) is 0 Å². The van der Waals surface area contributed by atoms with Crippen molar-refractivity contribution in [2.45, 2.75) is 18.7 Å². The van der Waals surface area contributed by atoms with Crippen LogP contribution in [0.15, 0.2) is 24.3 Å². The Balaban J connectivity index is 2.41. The lowest BCUT2D eigenvalue weighted by Gasteiger charge is -2.12. The van der Waals surface area contributed by atoms with Crippen LogP contribution in [-0.2, 0) is 10.5 Å². The molecule has 0 aromatic heterocycles. The SMILES string of the molecule is CNC(CSCc1ccccc1C)C(N)=O. The third kappa shape index (κ3) is 3.87. The van der Waals surface area contributed by atoms with E-state index >= 15 is 0 Å². The van der Waals surface area contributed by atoms with Crippen LogP contribution in [0.25, 0.3) is 0 Å². The van der Waals surface area contributed by atoms with Gasteiger partial charge in [-0.15, -0.1) is 0 Å². The fourth-order valence-corrected chi connectivity index (χ4v) is 2.59. The molecule has 0 aliphatic carbocycles. The van der Waals surface area contributed by atoms with Gasteiger partial charge in [-0.05, 0) is 25.1 Å². The van der Waals surface area contributed by atoms with Gasteiger partial charge in [0.25, 0.3) is 0 Å². The molecule has 0 saturated heterocycles. The Bertz CT molecular complexity index is 355. The minimum Gasteiger partial charge on any atom is -0.368 e. The van der Waals surface area contributed by atoms with Crippen LogP contribution in [0.3, 0.4) is 0 Å². The first-order valence-corrected chi connectivity index (χ1v) is 6.39. The summed E-state index contributed by atoms with van der Waals surface area (Å²) < 4.78 is 0. The number of primary amides is 1. The lowest BCUT2D eigenvalue weighted by molar-refractivity contribution is -0.119. The maximum atomic E-state index is 11.0. The number of rotatable bonds is 6.